The maximum atomic E-state index is 5.40. The van der Waals surface area contributed by atoms with E-state index in [-0.39, 0.29) is 5.41 Å². The molecule has 0 N–H and O–H groups in total. The molecular formula is C15H32O2Si. The molecule has 0 rings (SSSR count). The van der Waals surface area contributed by atoms with Crippen LogP contribution in [-0.4, -0.2) is 29.9 Å². The van der Waals surface area contributed by atoms with Crippen LogP contribution in [0.5, 0.6) is 0 Å². The molecule has 108 valence electrons. The summed E-state index contributed by atoms with van der Waals surface area (Å²) < 4.78 is 10.8. The van der Waals surface area contributed by atoms with E-state index in [9.17, 15) is 0 Å². The van der Waals surface area contributed by atoms with Crippen molar-refractivity contribution in [1.29, 1.82) is 0 Å². The fraction of sp³-hybridized carbons (Fsp3) is 0.867. The monoisotopic (exact) mass is 272 g/mol. The standard InChI is InChI=1S/C15H32O2Si/c1-4-5-6-7-8-9-10-11-12-13-14-15(18,16-2)17-3/h4H,1,5-14H2,2-3,18H3. The molecule has 0 aromatic rings. The molecule has 0 saturated carbocycles. The van der Waals surface area contributed by atoms with Crippen LogP contribution in [-0.2, 0) is 9.47 Å². The molecule has 3 heteroatoms. The Balaban J connectivity index is 3.23. The van der Waals surface area contributed by atoms with Gasteiger partial charge in [0, 0.05) is 14.2 Å². The molecule has 0 aliphatic heterocycles. The Labute approximate surface area is 117 Å². The molecule has 0 radical (unpaired) electrons. The Hall–Kier alpha value is -0.123. The summed E-state index contributed by atoms with van der Waals surface area (Å²) in [5.74, 6) is 0. The maximum absolute atomic E-state index is 5.40. The second-order valence-corrected chi connectivity index (χ2v) is 6.72. The second-order valence-electron chi connectivity index (χ2n) is 5.20. The van der Waals surface area contributed by atoms with Gasteiger partial charge in [-0.25, -0.2) is 0 Å². The molecule has 0 spiro atoms. The van der Waals surface area contributed by atoms with Gasteiger partial charge in [0.05, 0.1) is 10.2 Å². The summed E-state index contributed by atoms with van der Waals surface area (Å²) in [5, 5.41) is 0. The van der Waals surface area contributed by atoms with E-state index >= 15 is 0 Å². The third-order valence-electron chi connectivity index (χ3n) is 3.65. The van der Waals surface area contributed by atoms with Gasteiger partial charge in [-0.2, -0.15) is 0 Å². The van der Waals surface area contributed by atoms with Gasteiger partial charge in [-0.1, -0.05) is 44.6 Å². The number of hydrogen-bond acceptors (Lipinski definition) is 2. The molecule has 0 saturated heterocycles. The molecule has 18 heavy (non-hydrogen) atoms. The zero-order chi connectivity index (χ0) is 13.7. The first-order chi connectivity index (χ1) is 8.68. The Morgan fingerprint density at radius 3 is 1.78 bits per heavy atom. The first-order valence-corrected chi connectivity index (χ1v) is 8.39. The van der Waals surface area contributed by atoms with E-state index in [0.29, 0.717) is 0 Å². The molecule has 0 heterocycles. The molecule has 0 amide bonds. The fourth-order valence-electron chi connectivity index (χ4n) is 2.08. The summed E-state index contributed by atoms with van der Waals surface area (Å²) in [6.07, 6.45) is 15.0. The molecule has 0 aromatic heterocycles. The summed E-state index contributed by atoms with van der Waals surface area (Å²) >= 11 is 0. The quantitative estimate of drug-likeness (QED) is 0.221. The maximum Gasteiger partial charge on any atom is 0.140 e. The number of allylic oxidation sites excluding steroid dienone is 1. The highest BCUT2D eigenvalue weighted by molar-refractivity contribution is 6.13. The lowest BCUT2D eigenvalue weighted by Crippen LogP contribution is -2.33. The number of unbranched alkanes of at least 4 members (excludes halogenated alkanes) is 8. The molecule has 0 fully saturated rings. The third kappa shape index (κ3) is 9.86. The van der Waals surface area contributed by atoms with Crippen molar-refractivity contribution in [3.8, 4) is 0 Å². The number of ether oxygens (including phenoxy) is 2. The van der Waals surface area contributed by atoms with Crippen LogP contribution in [0.3, 0.4) is 0 Å². The molecule has 2 nitrogen and oxygen atoms in total. The van der Waals surface area contributed by atoms with Crippen LogP contribution < -0.4 is 0 Å². The third-order valence-corrected chi connectivity index (χ3v) is 4.97. The molecule has 0 unspecified atom stereocenters. The van der Waals surface area contributed by atoms with Crippen molar-refractivity contribution in [2.24, 2.45) is 0 Å². The van der Waals surface area contributed by atoms with Gasteiger partial charge in [-0.15, -0.1) is 6.58 Å². The van der Waals surface area contributed by atoms with Gasteiger partial charge in [-0.3, -0.25) is 0 Å². The topological polar surface area (TPSA) is 18.5 Å². The molecule has 0 aliphatic carbocycles. The van der Waals surface area contributed by atoms with E-state index in [1.165, 1.54) is 57.8 Å². The SMILES string of the molecule is C=CCCCCCCCCCCC([SiH3])(OC)OC. The Morgan fingerprint density at radius 1 is 0.889 bits per heavy atom. The summed E-state index contributed by atoms with van der Waals surface area (Å²) in [7, 11) is 4.44. The lowest BCUT2D eigenvalue weighted by molar-refractivity contribution is -0.146. The summed E-state index contributed by atoms with van der Waals surface area (Å²) in [6.45, 7) is 3.74. The van der Waals surface area contributed by atoms with Gasteiger partial charge in [-0.05, 0) is 25.7 Å². The van der Waals surface area contributed by atoms with E-state index in [4.69, 9.17) is 9.47 Å². The molecule has 0 atom stereocenters. The average Bonchev–Trinajstić information content (AvgIpc) is 2.40. The smallest absolute Gasteiger partial charge is 0.140 e. The van der Waals surface area contributed by atoms with Gasteiger partial charge in [0.25, 0.3) is 0 Å². The number of methoxy groups -OCH3 is 2. The van der Waals surface area contributed by atoms with E-state index in [0.717, 1.165) is 16.7 Å². The highest BCUT2D eigenvalue weighted by Gasteiger charge is 2.20. The predicted octanol–water partition coefficient (Wildman–Crippen LogP) is 3.39. The van der Waals surface area contributed by atoms with Crippen LogP contribution in [0.1, 0.15) is 64.2 Å². The van der Waals surface area contributed by atoms with Crippen molar-refractivity contribution in [1.82, 2.24) is 0 Å². The first-order valence-electron chi connectivity index (χ1n) is 7.39. The van der Waals surface area contributed by atoms with Gasteiger partial charge in [0.1, 0.15) is 5.41 Å². The minimum absolute atomic E-state index is 0.245. The Bertz CT molecular complexity index is 191. The van der Waals surface area contributed by atoms with Crippen molar-refractivity contribution in [2.75, 3.05) is 14.2 Å². The predicted molar refractivity (Wildman–Crippen MR) is 83.1 cm³/mol. The zero-order valence-corrected chi connectivity index (χ0v) is 14.7. The van der Waals surface area contributed by atoms with Gasteiger partial charge in [0.15, 0.2) is 0 Å². The molecule has 0 aromatic carbocycles. The first kappa shape index (κ1) is 17.9. The molecule has 0 bridgehead atoms. The number of rotatable bonds is 13. The molecule has 0 aliphatic rings. The van der Waals surface area contributed by atoms with Crippen LogP contribution in [0.2, 0.25) is 0 Å². The van der Waals surface area contributed by atoms with E-state index < -0.39 is 0 Å². The minimum Gasteiger partial charge on any atom is -0.358 e. The highest BCUT2D eigenvalue weighted by atomic mass is 28.1. The van der Waals surface area contributed by atoms with Crippen LogP contribution in [0, 0.1) is 0 Å². The number of hydrogen-bond donors (Lipinski definition) is 0. The largest absolute Gasteiger partial charge is 0.358 e. The van der Waals surface area contributed by atoms with Crippen LogP contribution in [0.15, 0.2) is 12.7 Å². The molecular weight excluding hydrogens is 240 g/mol. The van der Waals surface area contributed by atoms with Crippen LogP contribution in [0.25, 0.3) is 0 Å². The van der Waals surface area contributed by atoms with E-state index in [1.807, 2.05) is 6.08 Å². The minimum atomic E-state index is -0.245. The lowest BCUT2D eigenvalue weighted by atomic mass is 10.1. The van der Waals surface area contributed by atoms with Crippen molar-refractivity contribution in [3.05, 3.63) is 12.7 Å². The van der Waals surface area contributed by atoms with Crippen molar-refractivity contribution in [2.45, 2.75) is 69.6 Å². The summed E-state index contributed by atoms with van der Waals surface area (Å²) in [4.78, 5) is 0. The normalized spacial score (nSPS) is 11.9. The van der Waals surface area contributed by atoms with Crippen LogP contribution in [0.4, 0.5) is 0 Å². The lowest BCUT2D eigenvalue weighted by Gasteiger charge is -2.26. The van der Waals surface area contributed by atoms with Gasteiger partial charge in [0.2, 0.25) is 0 Å². The van der Waals surface area contributed by atoms with Crippen molar-refractivity contribution >= 4 is 10.2 Å². The van der Waals surface area contributed by atoms with Crippen molar-refractivity contribution < 1.29 is 9.47 Å². The van der Waals surface area contributed by atoms with Crippen molar-refractivity contribution in [3.63, 3.8) is 0 Å². The van der Waals surface area contributed by atoms with E-state index in [2.05, 4.69) is 6.58 Å². The summed E-state index contributed by atoms with van der Waals surface area (Å²) in [5.41, 5.74) is -0.245. The van der Waals surface area contributed by atoms with Gasteiger partial charge >= 0.3 is 0 Å². The Morgan fingerprint density at radius 2 is 1.33 bits per heavy atom. The summed E-state index contributed by atoms with van der Waals surface area (Å²) in [6, 6.07) is 0. The zero-order valence-electron chi connectivity index (χ0n) is 12.7. The van der Waals surface area contributed by atoms with Crippen LogP contribution >= 0.6 is 0 Å². The fourth-order valence-corrected chi connectivity index (χ4v) is 2.44. The Kier molecular flexibility index (Phi) is 11.9. The second kappa shape index (κ2) is 11.9. The van der Waals surface area contributed by atoms with E-state index in [1.54, 1.807) is 14.2 Å². The highest BCUT2D eigenvalue weighted by Crippen LogP contribution is 2.17. The van der Waals surface area contributed by atoms with Gasteiger partial charge < -0.3 is 9.47 Å². The average molecular weight is 273 g/mol.